The van der Waals surface area contributed by atoms with Crippen LogP contribution in [0.2, 0.25) is 0 Å². The van der Waals surface area contributed by atoms with E-state index in [1.165, 1.54) is 0 Å². The van der Waals surface area contributed by atoms with E-state index in [1.807, 2.05) is 0 Å². The van der Waals surface area contributed by atoms with Gasteiger partial charge in [-0.2, -0.15) is 0 Å². The minimum Gasteiger partial charge on any atom is -0.379 e. The molecule has 0 aromatic carbocycles. The fourth-order valence-electron chi connectivity index (χ4n) is 1.72. The second-order valence-electron chi connectivity index (χ2n) is 3.85. The van der Waals surface area contributed by atoms with E-state index in [-0.39, 0.29) is 11.9 Å². The molecular weight excluding hydrogens is 212 g/mol. The lowest BCUT2D eigenvalue weighted by Gasteiger charge is -2.11. The van der Waals surface area contributed by atoms with Crippen molar-refractivity contribution in [1.82, 2.24) is 9.55 Å². The zero-order valence-corrected chi connectivity index (χ0v) is 9.27. The highest BCUT2D eigenvalue weighted by Crippen LogP contribution is 2.25. The molecule has 1 N–H and O–H groups in total. The third-order valence-corrected chi connectivity index (χ3v) is 2.74. The van der Waals surface area contributed by atoms with Gasteiger partial charge >= 0.3 is 5.82 Å². The molecule has 7 nitrogen and oxygen atoms in total. The summed E-state index contributed by atoms with van der Waals surface area (Å²) in [5, 5.41) is 13.9. The van der Waals surface area contributed by atoms with Crippen molar-refractivity contribution in [2.24, 2.45) is 7.05 Å². The fraction of sp³-hybridized carbons (Fsp3) is 0.667. The number of nitro groups is 1. The van der Waals surface area contributed by atoms with Crippen LogP contribution in [0.5, 0.6) is 0 Å². The Bertz CT molecular complexity index is 409. The summed E-state index contributed by atoms with van der Waals surface area (Å²) in [4.78, 5) is 14.3. The molecule has 2 heterocycles. The van der Waals surface area contributed by atoms with Crippen molar-refractivity contribution in [2.45, 2.75) is 19.4 Å². The monoisotopic (exact) mass is 226 g/mol. The molecule has 2 rings (SSSR count). The van der Waals surface area contributed by atoms with Gasteiger partial charge in [0.25, 0.3) is 0 Å². The van der Waals surface area contributed by atoms with Crippen LogP contribution < -0.4 is 5.32 Å². The number of nitrogens with zero attached hydrogens (tertiary/aromatic N) is 3. The molecule has 0 amide bonds. The number of aryl methyl sites for hydroxylation is 1. The molecule has 0 aliphatic carbocycles. The van der Waals surface area contributed by atoms with Crippen LogP contribution in [0.4, 0.5) is 11.6 Å². The van der Waals surface area contributed by atoms with Crippen LogP contribution in [0.25, 0.3) is 0 Å². The number of aromatic nitrogens is 2. The van der Waals surface area contributed by atoms with Crippen molar-refractivity contribution in [3.8, 4) is 0 Å². The van der Waals surface area contributed by atoms with Crippen LogP contribution in [-0.4, -0.2) is 33.7 Å². The van der Waals surface area contributed by atoms with Gasteiger partial charge in [0.1, 0.15) is 0 Å². The van der Waals surface area contributed by atoms with Crippen molar-refractivity contribution >= 4 is 11.6 Å². The summed E-state index contributed by atoms with van der Waals surface area (Å²) in [7, 11) is 1.76. The molecule has 7 heteroatoms. The number of hydrogen-bond acceptors (Lipinski definition) is 5. The van der Waals surface area contributed by atoms with Crippen molar-refractivity contribution in [2.75, 3.05) is 18.5 Å². The average Bonchev–Trinajstić information content (AvgIpc) is 2.81. The van der Waals surface area contributed by atoms with Gasteiger partial charge in [0.2, 0.25) is 11.6 Å². The van der Waals surface area contributed by atoms with E-state index in [0.717, 1.165) is 6.42 Å². The van der Waals surface area contributed by atoms with E-state index >= 15 is 0 Å². The van der Waals surface area contributed by atoms with Crippen LogP contribution in [0.3, 0.4) is 0 Å². The molecule has 1 aliphatic rings. The van der Waals surface area contributed by atoms with E-state index in [0.29, 0.717) is 24.9 Å². The summed E-state index contributed by atoms with van der Waals surface area (Å²) in [6.07, 6.45) is 0.862. The van der Waals surface area contributed by atoms with E-state index < -0.39 is 4.92 Å². The van der Waals surface area contributed by atoms with Crippen LogP contribution in [0, 0.1) is 17.0 Å². The highest BCUT2D eigenvalue weighted by molar-refractivity contribution is 5.54. The van der Waals surface area contributed by atoms with Gasteiger partial charge in [0.15, 0.2) is 0 Å². The van der Waals surface area contributed by atoms with Gasteiger partial charge in [-0.05, 0) is 16.3 Å². The van der Waals surface area contributed by atoms with Crippen molar-refractivity contribution < 1.29 is 9.66 Å². The lowest BCUT2D eigenvalue weighted by Crippen LogP contribution is -2.21. The lowest BCUT2D eigenvalue weighted by atomic mass is 10.2. The molecular formula is C9H14N4O3. The first-order valence-corrected chi connectivity index (χ1v) is 5.11. The SMILES string of the molecule is Cc1nc([N+](=O)[O-])c(NC2CCOC2)n1C. The van der Waals surface area contributed by atoms with Crippen molar-refractivity contribution in [1.29, 1.82) is 0 Å². The van der Waals surface area contributed by atoms with Gasteiger partial charge < -0.3 is 20.2 Å². The Morgan fingerprint density at radius 3 is 3.00 bits per heavy atom. The van der Waals surface area contributed by atoms with Gasteiger partial charge in [-0.1, -0.05) is 0 Å². The maximum Gasteiger partial charge on any atom is 0.406 e. The summed E-state index contributed by atoms with van der Waals surface area (Å²) in [5.41, 5.74) is 0. The standard InChI is InChI=1S/C9H14N4O3/c1-6-10-9(13(14)15)8(12(6)2)11-7-3-4-16-5-7/h7,11H,3-5H2,1-2H3. The minimum atomic E-state index is -0.467. The van der Waals surface area contributed by atoms with E-state index in [4.69, 9.17) is 4.74 Å². The van der Waals surface area contributed by atoms with Crippen molar-refractivity contribution in [3.63, 3.8) is 0 Å². The molecule has 1 fully saturated rings. The Balaban J connectivity index is 2.26. The Kier molecular flexibility index (Phi) is 2.78. The smallest absolute Gasteiger partial charge is 0.379 e. The number of hydrogen-bond donors (Lipinski definition) is 1. The van der Waals surface area contributed by atoms with Gasteiger partial charge in [0.05, 0.1) is 12.6 Å². The van der Waals surface area contributed by atoms with Crippen LogP contribution in [-0.2, 0) is 11.8 Å². The normalized spacial score (nSPS) is 20.0. The van der Waals surface area contributed by atoms with Gasteiger partial charge in [-0.3, -0.25) is 4.57 Å². The number of rotatable bonds is 3. The zero-order chi connectivity index (χ0) is 11.7. The first-order chi connectivity index (χ1) is 7.59. The molecule has 0 saturated carbocycles. The number of anilines is 1. The second kappa shape index (κ2) is 4.09. The molecule has 88 valence electrons. The second-order valence-corrected chi connectivity index (χ2v) is 3.85. The average molecular weight is 226 g/mol. The topological polar surface area (TPSA) is 82.2 Å². The van der Waals surface area contributed by atoms with Crippen LogP contribution >= 0.6 is 0 Å². The Morgan fingerprint density at radius 1 is 1.69 bits per heavy atom. The maximum absolute atomic E-state index is 10.8. The van der Waals surface area contributed by atoms with Gasteiger partial charge in [0, 0.05) is 20.6 Å². The van der Waals surface area contributed by atoms with Crippen molar-refractivity contribution in [3.05, 3.63) is 15.9 Å². The quantitative estimate of drug-likeness (QED) is 0.610. The first-order valence-electron chi connectivity index (χ1n) is 5.11. The van der Waals surface area contributed by atoms with Gasteiger partial charge in [-0.25, -0.2) is 0 Å². The lowest BCUT2D eigenvalue weighted by molar-refractivity contribution is -0.388. The number of nitrogens with one attached hydrogen (secondary N) is 1. The molecule has 0 bridgehead atoms. The largest absolute Gasteiger partial charge is 0.406 e. The van der Waals surface area contributed by atoms with E-state index in [2.05, 4.69) is 10.3 Å². The Hall–Kier alpha value is -1.63. The molecule has 1 aromatic heterocycles. The molecule has 16 heavy (non-hydrogen) atoms. The molecule has 1 atom stereocenters. The fourth-order valence-corrected chi connectivity index (χ4v) is 1.72. The van der Waals surface area contributed by atoms with Gasteiger partial charge in [-0.15, -0.1) is 0 Å². The summed E-state index contributed by atoms with van der Waals surface area (Å²) >= 11 is 0. The van der Waals surface area contributed by atoms with E-state index in [1.54, 1.807) is 18.5 Å². The highest BCUT2D eigenvalue weighted by Gasteiger charge is 2.26. The molecule has 1 unspecified atom stereocenters. The first kappa shape index (κ1) is 10.9. The zero-order valence-electron chi connectivity index (χ0n) is 9.27. The van der Waals surface area contributed by atoms with Crippen LogP contribution in [0.1, 0.15) is 12.2 Å². The summed E-state index contributed by atoms with van der Waals surface area (Å²) in [6, 6.07) is 0.133. The predicted octanol–water partition coefficient (Wildman–Crippen LogP) is 0.838. The predicted molar refractivity (Wildman–Crippen MR) is 57.4 cm³/mol. The molecule has 0 radical (unpaired) electrons. The minimum absolute atomic E-state index is 0.119. The molecule has 1 aliphatic heterocycles. The Morgan fingerprint density at radius 2 is 2.44 bits per heavy atom. The molecule has 1 saturated heterocycles. The number of imidazole rings is 1. The maximum atomic E-state index is 10.8. The molecule has 1 aromatic rings. The number of ether oxygens (including phenoxy) is 1. The highest BCUT2D eigenvalue weighted by atomic mass is 16.6. The third-order valence-electron chi connectivity index (χ3n) is 2.74. The Labute approximate surface area is 92.6 Å². The van der Waals surface area contributed by atoms with Crippen LogP contribution in [0.15, 0.2) is 0 Å². The summed E-state index contributed by atoms with van der Waals surface area (Å²) < 4.78 is 6.91. The summed E-state index contributed by atoms with van der Waals surface area (Å²) in [6.45, 7) is 3.02. The third kappa shape index (κ3) is 1.85. The summed E-state index contributed by atoms with van der Waals surface area (Å²) in [5.74, 6) is 0.956. The van der Waals surface area contributed by atoms with E-state index in [9.17, 15) is 10.1 Å². The molecule has 0 spiro atoms.